The molecule has 0 aromatic carbocycles. The van der Waals surface area contributed by atoms with Gasteiger partial charge in [-0.25, -0.2) is 14.1 Å². The second-order valence-electron chi connectivity index (χ2n) is 10.2. The lowest BCUT2D eigenvalue weighted by atomic mass is 10.1. The summed E-state index contributed by atoms with van der Waals surface area (Å²) < 4.78 is 58.6. The second kappa shape index (κ2) is 13.6. The Hall–Kier alpha value is -2.72. The number of aromatic nitrogens is 5. The van der Waals surface area contributed by atoms with Crippen LogP contribution in [0.2, 0.25) is 0 Å². The molecule has 248 valence electrons. The summed E-state index contributed by atoms with van der Waals surface area (Å²) in [7, 11) is -10.5. The molecular weight excluding hydrogens is 644 g/mol. The first kappa shape index (κ1) is 33.6. The number of anilines is 2. The van der Waals surface area contributed by atoms with Gasteiger partial charge in [-0.1, -0.05) is 0 Å². The maximum Gasteiger partial charge on any atom is 0.481 e. The Morgan fingerprint density at radius 2 is 1.78 bits per heavy atom. The van der Waals surface area contributed by atoms with Gasteiger partial charge in [0.25, 0.3) is 6.23 Å². The molecule has 23 heteroatoms. The molecule has 0 aliphatic carbocycles. The molecule has 9 unspecified atom stereocenters. The lowest BCUT2D eigenvalue weighted by Gasteiger charge is -2.20. The smallest absolute Gasteiger partial charge is 0.387 e. The van der Waals surface area contributed by atoms with Gasteiger partial charge in [0.05, 0.1) is 39.0 Å². The number of phosphoric ester groups is 2. The molecule has 12 N–H and O–H groups in total. The van der Waals surface area contributed by atoms with Crippen molar-refractivity contribution in [2.24, 2.45) is 11.5 Å². The van der Waals surface area contributed by atoms with Crippen molar-refractivity contribution in [2.45, 2.75) is 55.9 Å². The van der Waals surface area contributed by atoms with Gasteiger partial charge in [-0.05, 0) is 6.07 Å². The van der Waals surface area contributed by atoms with E-state index in [0.717, 1.165) is 0 Å². The van der Waals surface area contributed by atoms with Gasteiger partial charge in [0.1, 0.15) is 24.0 Å². The number of aliphatic hydroxyl groups excluding tert-OH is 2. The van der Waals surface area contributed by atoms with E-state index < -0.39 is 71.8 Å². The van der Waals surface area contributed by atoms with E-state index in [1.165, 1.54) is 15.5 Å². The second-order valence-corrected chi connectivity index (χ2v) is 13.2. The highest BCUT2D eigenvalue weighted by Crippen LogP contribution is 2.60. The first-order valence-electron chi connectivity index (χ1n) is 13.4. The fourth-order valence-corrected chi connectivity index (χ4v) is 6.93. The molecule has 0 spiro atoms. The zero-order valence-electron chi connectivity index (χ0n) is 23.5. The summed E-state index contributed by atoms with van der Waals surface area (Å²) in [6.07, 6.45) is -2.33. The molecule has 5 rings (SSSR count). The molecule has 3 aromatic heterocycles. The third-order valence-corrected chi connectivity index (χ3v) is 9.57. The van der Waals surface area contributed by atoms with Crippen LogP contribution in [0.3, 0.4) is 0 Å². The lowest BCUT2D eigenvalue weighted by Crippen LogP contribution is -2.46. The van der Waals surface area contributed by atoms with Crippen LogP contribution < -0.4 is 27.5 Å². The van der Waals surface area contributed by atoms with Crippen LogP contribution in [0.25, 0.3) is 11.2 Å². The molecule has 0 bridgehead atoms. The fourth-order valence-electron chi connectivity index (χ4n) is 4.84. The maximum atomic E-state index is 12.5. The number of hydrogen-bond acceptors (Lipinski definition) is 17. The van der Waals surface area contributed by atoms with Crippen LogP contribution in [0, 0.1) is 0 Å². The Kier molecular flexibility index (Phi) is 10.1. The highest BCUT2D eigenvalue weighted by atomic mass is 31.3. The number of imidazole rings is 1. The normalized spacial score (nSPS) is 29.6. The molecule has 2 aliphatic rings. The first-order valence-corrected chi connectivity index (χ1v) is 16.4. The van der Waals surface area contributed by atoms with Crippen LogP contribution in [-0.2, 0) is 43.3 Å². The fraction of sp³-hybridized carbons (Fsp3) is 0.545. The Morgan fingerprint density at radius 1 is 1.07 bits per heavy atom. The van der Waals surface area contributed by atoms with Gasteiger partial charge in [-0.2, -0.15) is 18.8 Å². The highest BCUT2D eigenvalue weighted by Gasteiger charge is 2.49. The van der Waals surface area contributed by atoms with Crippen molar-refractivity contribution in [3.63, 3.8) is 0 Å². The van der Waals surface area contributed by atoms with Crippen LogP contribution in [0.5, 0.6) is 0 Å². The van der Waals surface area contributed by atoms with Gasteiger partial charge < -0.3 is 57.1 Å². The molecule has 0 radical (unpaired) electrons. The average molecular weight is 679 g/mol. The van der Waals surface area contributed by atoms with Crippen molar-refractivity contribution in [1.29, 1.82) is 0 Å². The quantitative estimate of drug-likeness (QED) is 0.0545. The summed E-state index contributed by atoms with van der Waals surface area (Å²) in [5, 5.41) is 20.9. The third kappa shape index (κ3) is 7.81. The summed E-state index contributed by atoms with van der Waals surface area (Å²) in [5.41, 5.74) is 24.2. The molecule has 3 aromatic rings. The maximum absolute atomic E-state index is 12.5. The van der Waals surface area contributed by atoms with E-state index in [2.05, 4.69) is 19.3 Å². The molecule has 9 atom stereocenters. The summed E-state index contributed by atoms with van der Waals surface area (Å²) in [4.78, 5) is 32.3. The number of phosphoric acid groups is 2. The largest absolute Gasteiger partial charge is 0.481 e. The number of nitrogens with two attached hydrogens (primary N) is 4. The van der Waals surface area contributed by atoms with Crippen molar-refractivity contribution in [2.75, 3.05) is 31.4 Å². The van der Waals surface area contributed by atoms with Gasteiger partial charge in [0.2, 0.25) is 5.95 Å². The number of ether oxygens (including phenoxy) is 3. The van der Waals surface area contributed by atoms with Gasteiger partial charge in [-0.3, -0.25) is 13.6 Å². The number of aliphatic hydroxyl groups is 2. The van der Waals surface area contributed by atoms with Crippen molar-refractivity contribution in [3.8, 4) is 0 Å². The number of fused-ring (bicyclic) bond motifs is 1. The van der Waals surface area contributed by atoms with Crippen LogP contribution in [0.1, 0.15) is 24.4 Å². The van der Waals surface area contributed by atoms with E-state index in [0.29, 0.717) is 5.56 Å². The molecular formula is C22H34N9O12P2+. The Bertz CT molecular complexity index is 1600. The van der Waals surface area contributed by atoms with Crippen LogP contribution in [-0.4, -0.2) is 89.9 Å². The van der Waals surface area contributed by atoms with Gasteiger partial charge in [0.15, 0.2) is 30.0 Å². The summed E-state index contributed by atoms with van der Waals surface area (Å²) in [6.45, 7) is -1.22. The highest BCUT2D eigenvalue weighted by molar-refractivity contribution is 7.61. The summed E-state index contributed by atoms with van der Waals surface area (Å²) >= 11 is 0. The van der Waals surface area contributed by atoms with E-state index in [1.807, 2.05) is 0 Å². The minimum atomic E-state index is -5.26. The van der Waals surface area contributed by atoms with Crippen LogP contribution >= 0.6 is 15.6 Å². The molecule has 21 nitrogen and oxygen atoms in total. The van der Waals surface area contributed by atoms with Gasteiger partial charge >= 0.3 is 15.6 Å². The molecule has 0 saturated carbocycles. The van der Waals surface area contributed by atoms with Crippen LogP contribution in [0.15, 0.2) is 30.9 Å². The Labute approximate surface area is 254 Å². The summed E-state index contributed by atoms with van der Waals surface area (Å²) in [5.74, 6) is -0.0167. The summed E-state index contributed by atoms with van der Waals surface area (Å²) in [6, 6.07) is 2.70. The number of nitrogen functional groups attached to an aromatic ring is 2. The number of pyridine rings is 1. The van der Waals surface area contributed by atoms with Crippen molar-refractivity contribution < 1.29 is 61.3 Å². The number of rotatable bonds is 13. The average Bonchev–Trinajstić information content (AvgIpc) is 3.64. The van der Waals surface area contributed by atoms with E-state index >= 15 is 0 Å². The Morgan fingerprint density at radius 3 is 2.49 bits per heavy atom. The van der Waals surface area contributed by atoms with E-state index in [1.54, 1.807) is 24.5 Å². The van der Waals surface area contributed by atoms with Gasteiger partial charge in [-0.15, -0.1) is 0 Å². The predicted octanol–water partition coefficient (Wildman–Crippen LogP) is -2.10. The minimum Gasteiger partial charge on any atom is -0.387 e. The van der Waals surface area contributed by atoms with Gasteiger partial charge in [0, 0.05) is 24.1 Å². The van der Waals surface area contributed by atoms with Crippen molar-refractivity contribution >= 4 is 38.6 Å². The topological polar surface area (TPSA) is 322 Å². The number of nitrogens with zero attached hydrogens (tertiary/aromatic N) is 5. The van der Waals surface area contributed by atoms with E-state index in [9.17, 15) is 29.1 Å². The number of hydrogen-bond donors (Lipinski definition) is 8. The minimum absolute atomic E-state index is 0.000350. The van der Waals surface area contributed by atoms with Crippen LogP contribution in [0.4, 0.5) is 11.8 Å². The molecule has 45 heavy (non-hydrogen) atoms. The SMILES string of the molecule is NCOCc1ccc[n+](C2OC(COP(=O)(O)OP(=O)(O)OCC3OC(n4cnc5c(N)nc(N)nc54)CC3N)C(O)C2O)c1. The first-order chi connectivity index (χ1) is 21.3. The third-order valence-electron chi connectivity index (χ3n) is 6.97. The predicted molar refractivity (Wildman–Crippen MR) is 150 cm³/mol. The standard InChI is InChI=1S/C22H33N9O12P2/c23-9-38-6-11-2-1-3-30(5-11)21-18(33)17(32)14(42-21)8-40-45(36,37)43-44(34,35)39-7-13-12(24)4-15(41-13)31-10-27-16-19(25)28-22(26)29-20(16)31/h1-3,5,10,12-15,17-18,21,32-33H,4,6-9,23-24H2,(H5-,25,26,28,29,34,35,36,37)/p+1. The molecule has 5 heterocycles. The Balaban J connectivity index is 1.13. The molecule has 0 amide bonds. The molecule has 2 aliphatic heterocycles. The zero-order chi connectivity index (χ0) is 32.5. The van der Waals surface area contributed by atoms with Crippen molar-refractivity contribution in [1.82, 2.24) is 19.5 Å². The molecule has 2 saturated heterocycles. The van der Waals surface area contributed by atoms with Crippen molar-refractivity contribution in [3.05, 3.63) is 36.4 Å². The monoisotopic (exact) mass is 678 g/mol. The zero-order valence-corrected chi connectivity index (χ0v) is 25.2. The van der Waals surface area contributed by atoms with E-state index in [4.69, 9.17) is 46.2 Å². The molecule has 2 fully saturated rings. The van der Waals surface area contributed by atoms with E-state index in [-0.39, 0.29) is 42.7 Å². The lowest BCUT2D eigenvalue weighted by molar-refractivity contribution is -0.766.